The molecule has 0 aliphatic rings. The SMILES string of the molecule is CC(C)[C@@H](Nc1ncccc1F)C(=O)O. The normalized spacial score (nSPS) is 12.5. The summed E-state index contributed by atoms with van der Waals surface area (Å²) in [6.07, 6.45) is 1.41. The molecule has 0 saturated heterocycles. The molecule has 1 rings (SSSR count). The lowest BCUT2D eigenvalue weighted by Crippen LogP contribution is -2.34. The number of carbonyl (C=O) groups is 1. The first-order valence-corrected chi connectivity index (χ1v) is 4.62. The number of halogens is 1. The molecular formula is C10H13FN2O2. The summed E-state index contributed by atoms with van der Waals surface area (Å²) in [6.45, 7) is 3.49. The molecule has 1 aromatic rings. The number of nitrogens with zero attached hydrogens (tertiary/aromatic N) is 1. The van der Waals surface area contributed by atoms with Gasteiger partial charge in [0.15, 0.2) is 11.6 Å². The van der Waals surface area contributed by atoms with Crippen LogP contribution in [0, 0.1) is 11.7 Å². The van der Waals surface area contributed by atoms with E-state index in [1.807, 2.05) is 0 Å². The van der Waals surface area contributed by atoms with Gasteiger partial charge >= 0.3 is 5.97 Å². The van der Waals surface area contributed by atoms with Gasteiger partial charge < -0.3 is 10.4 Å². The Morgan fingerprint density at radius 3 is 2.73 bits per heavy atom. The first-order valence-electron chi connectivity index (χ1n) is 4.62. The van der Waals surface area contributed by atoms with Crippen LogP contribution < -0.4 is 5.32 Å². The van der Waals surface area contributed by atoms with Crippen LogP contribution in [0.4, 0.5) is 10.2 Å². The van der Waals surface area contributed by atoms with Gasteiger partial charge in [-0.15, -0.1) is 0 Å². The highest BCUT2D eigenvalue weighted by atomic mass is 19.1. The lowest BCUT2D eigenvalue weighted by Gasteiger charge is -2.18. The quantitative estimate of drug-likeness (QED) is 0.798. The number of carboxylic acids is 1. The third kappa shape index (κ3) is 2.90. The molecule has 0 aliphatic carbocycles. The molecule has 82 valence electrons. The van der Waals surface area contributed by atoms with Gasteiger partial charge in [-0.1, -0.05) is 13.8 Å². The molecule has 4 nitrogen and oxygen atoms in total. The van der Waals surface area contributed by atoms with Gasteiger partial charge in [-0.3, -0.25) is 0 Å². The largest absolute Gasteiger partial charge is 0.480 e. The molecule has 1 heterocycles. The number of nitrogens with one attached hydrogen (secondary N) is 1. The van der Waals surface area contributed by atoms with E-state index in [0.29, 0.717) is 0 Å². The van der Waals surface area contributed by atoms with Crippen LogP contribution in [0.2, 0.25) is 0 Å². The standard InChI is InChI=1S/C10H13FN2O2/c1-6(2)8(10(14)15)13-9-7(11)4-3-5-12-9/h3-6,8H,1-2H3,(H,12,13)(H,14,15)/t8-/m1/s1. The van der Waals surface area contributed by atoms with Gasteiger partial charge in [0, 0.05) is 6.20 Å². The molecule has 0 amide bonds. The van der Waals surface area contributed by atoms with E-state index in [2.05, 4.69) is 10.3 Å². The molecule has 1 aromatic heterocycles. The first kappa shape index (κ1) is 11.4. The smallest absolute Gasteiger partial charge is 0.326 e. The zero-order valence-corrected chi connectivity index (χ0v) is 8.57. The van der Waals surface area contributed by atoms with E-state index < -0.39 is 17.8 Å². The highest BCUT2D eigenvalue weighted by molar-refractivity contribution is 5.77. The lowest BCUT2D eigenvalue weighted by atomic mass is 10.1. The fourth-order valence-electron chi connectivity index (χ4n) is 1.15. The average molecular weight is 212 g/mol. The summed E-state index contributed by atoms with van der Waals surface area (Å²) < 4.78 is 13.2. The number of aromatic nitrogens is 1. The van der Waals surface area contributed by atoms with Crippen molar-refractivity contribution in [1.29, 1.82) is 0 Å². The maximum absolute atomic E-state index is 13.2. The number of carboxylic acid groups (broad SMARTS) is 1. The van der Waals surface area contributed by atoms with Gasteiger partial charge in [0.1, 0.15) is 6.04 Å². The van der Waals surface area contributed by atoms with Crippen molar-refractivity contribution in [3.8, 4) is 0 Å². The van der Waals surface area contributed by atoms with Crippen molar-refractivity contribution in [3.63, 3.8) is 0 Å². The molecule has 0 aliphatic heterocycles. The van der Waals surface area contributed by atoms with Gasteiger partial charge in [-0.25, -0.2) is 14.2 Å². The number of hydrogen-bond donors (Lipinski definition) is 2. The molecule has 0 fully saturated rings. The number of pyridine rings is 1. The summed E-state index contributed by atoms with van der Waals surface area (Å²) in [7, 11) is 0. The van der Waals surface area contributed by atoms with E-state index in [1.165, 1.54) is 18.3 Å². The van der Waals surface area contributed by atoms with Crippen molar-refractivity contribution in [2.45, 2.75) is 19.9 Å². The molecule has 15 heavy (non-hydrogen) atoms. The Hall–Kier alpha value is -1.65. The molecule has 5 heteroatoms. The van der Waals surface area contributed by atoms with Crippen molar-refractivity contribution >= 4 is 11.8 Å². The number of rotatable bonds is 4. The molecule has 0 saturated carbocycles. The van der Waals surface area contributed by atoms with E-state index >= 15 is 0 Å². The van der Waals surface area contributed by atoms with Crippen molar-refractivity contribution < 1.29 is 14.3 Å². The maximum Gasteiger partial charge on any atom is 0.326 e. The lowest BCUT2D eigenvalue weighted by molar-refractivity contribution is -0.138. The van der Waals surface area contributed by atoms with Gasteiger partial charge in [0.2, 0.25) is 0 Å². The predicted octanol–water partition coefficient (Wildman–Crippen LogP) is 1.74. The van der Waals surface area contributed by atoms with Crippen LogP contribution >= 0.6 is 0 Å². The van der Waals surface area contributed by atoms with E-state index in [9.17, 15) is 9.18 Å². The zero-order valence-electron chi connectivity index (χ0n) is 8.57. The number of hydrogen-bond acceptors (Lipinski definition) is 3. The summed E-state index contributed by atoms with van der Waals surface area (Å²) in [5.41, 5.74) is 0. The molecule has 0 spiro atoms. The van der Waals surface area contributed by atoms with Crippen LogP contribution in [0.1, 0.15) is 13.8 Å². The first-order chi connectivity index (χ1) is 7.02. The molecule has 0 unspecified atom stereocenters. The molecule has 2 N–H and O–H groups in total. The van der Waals surface area contributed by atoms with E-state index in [-0.39, 0.29) is 11.7 Å². The second-order valence-corrected chi connectivity index (χ2v) is 3.54. The van der Waals surface area contributed by atoms with Crippen LogP contribution in [0.5, 0.6) is 0 Å². The van der Waals surface area contributed by atoms with Crippen LogP contribution in [-0.2, 0) is 4.79 Å². The minimum absolute atomic E-state index is 0.0291. The van der Waals surface area contributed by atoms with Crippen LogP contribution in [-0.4, -0.2) is 22.1 Å². The van der Waals surface area contributed by atoms with Gasteiger partial charge in [-0.2, -0.15) is 0 Å². The molecule has 0 radical (unpaired) electrons. The average Bonchev–Trinajstić information content (AvgIpc) is 2.15. The Labute approximate surface area is 87.1 Å². The van der Waals surface area contributed by atoms with Crippen molar-refractivity contribution in [3.05, 3.63) is 24.1 Å². The monoisotopic (exact) mass is 212 g/mol. The topological polar surface area (TPSA) is 62.2 Å². The Morgan fingerprint density at radius 1 is 1.60 bits per heavy atom. The van der Waals surface area contributed by atoms with Crippen molar-refractivity contribution in [1.82, 2.24) is 4.98 Å². The fourth-order valence-corrected chi connectivity index (χ4v) is 1.15. The summed E-state index contributed by atoms with van der Waals surface area (Å²) in [5, 5.41) is 11.4. The third-order valence-electron chi connectivity index (χ3n) is 1.98. The van der Waals surface area contributed by atoms with Crippen molar-refractivity contribution in [2.24, 2.45) is 5.92 Å². The van der Waals surface area contributed by atoms with E-state index in [1.54, 1.807) is 13.8 Å². The highest BCUT2D eigenvalue weighted by Gasteiger charge is 2.22. The fraction of sp³-hybridized carbons (Fsp3) is 0.400. The van der Waals surface area contributed by atoms with E-state index in [4.69, 9.17) is 5.11 Å². The molecule has 1 atom stereocenters. The number of anilines is 1. The Kier molecular flexibility index (Phi) is 3.60. The third-order valence-corrected chi connectivity index (χ3v) is 1.98. The Morgan fingerprint density at radius 2 is 2.27 bits per heavy atom. The summed E-state index contributed by atoms with van der Waals surface area (Å²) >= 11 is 0. The van der Waals surface area contributed by atoms with E-state index in [0.717, 1.165) is 0 Å². The second-order valence-electron chi connectivity index (χ2n) is 3.54. The minimum atomic E-state index is -1.02. The summed E-state index contributed by atoms with van der Waals surface area (Å²) in [4.78, 5) is 14.6. The van der Waals surface area contributed by atoms with Crippen LogP contribution in [0.25, 0.3) is 0 Å². The Bertz CT molecular complexity index is 355. The summed E-state index contributed by atoms with van der Waals surface area (Å²) in [5.74, 6) is -1.75. The van der Waals surface area contributed by atoms with Gasteiger partial charge in [0.05, 0.1) is 0 Å². The predicted molar refractivity (Wildman–Crippen MR) is 54.1 cm³/mol. The second kappa shape index (κ2) is 4.72. The van der Waals surface area contributed by atoms with Gasteiger partial charge in [-0.05, 0) is 18.1 Å². The highest BCUT2D eigenvalue weighted by Crippen LogP contribution is 2.13. The zero-order chi connectivity index (χ0) is 11.4. The Balaban J connectivity index is 2.84. The molecule has 0 aromatic carbocycles. The van der Waals surface area contributed by atoms with Crippen molar-refractivity contribution in [2.75, 3.05) is 5.32 Å². The molecular weight excluding hydrogens is 199 g/mol. The van der Waals surface area contributed by atoms with Crippen LogP contribution in [0.15, 0.2) is 18.3 Å². The molecule has 0 bridgehead atoms. The minimum Gasteiger partial charge on any atom is -0.480 e. The number of aliphatic carboxylic acids is 1. The van der Waals surface area contributed by atoms with Gasteiger partial charge in [0.25, 0.3) is 0 Å². The van der Waals surface area contributed by atoms with Crippen LogP contribution in [0.3, 0.4) is 0 Å². The maximum atomic E-state index is 13.2. The summed E-state index contributed by atoms with van der Waals surface area (Å²) in [6, 6.07) is 1.84.